The molecule has 0 aliphatic carbocycles. The van der Waals surface area contributed by atoms with Crippen LogP contribution in [0.25, 0.3) is 0 Å². The van der Waals surface area contributed by atoms with Gasteiger partial charge in [0.15, 0.2) is 0 Å². The lowest BCUT2D eigenvalue weighted by Crippen LogP contribution is -2.46. The molecule has 18 heavy (non-hydrogen) atoms. The van der Waals surface area contributed by atoms with Crippen LogP contribution >= 0.6 is 0 Å². The molecule has 0 saturated carbocycles. The van der Waals surface area contributed by atoms with Crippen molar-refractivity contribution in [2.75, 3.05) is 19.6 Å². The highest BCUT2D eigenvalue weighted by Crippen LogP contribution is 2.13. The van der Waals surface area contributed by atoms with Gasteiger partial charge in [-0.1, -0.05) is 0 Å². The number of primary amides is 1. The van der Waals surface area contributed by atoms with E-state index < -0.39 is 17.4 Å². The average Bonchev–Trinajstić information content (AvgIpc) is 2.25. The summed E-state index contributed by atoms with van der Waals surface area (Å²) in [7, 11) is 0. The van der Waals surface area contributed by atoms with Gasteiger partial charge in [-0.25, -0.2) is 4.79 Å². The van der Waals surface area contributed by atoms with Crippen molar-refractivity contribution in [1.29, 1.82) is 0 Å². The normalized spacial score (nSPS) is 18.0. The maximum absolute atomic E-state index is 11.9. The first kappa shape index (κ1) is 14.5. The fourth-order valence-corrected chi connectivity index (χ4v) is 1.56. The maximum atomic E-state index is 11.9. The van der Waals surface area contributed by atoms with Gasteiger partial charge >= 0.3 is 6.09 Å². The van der Waals surface area contributed by atoms with Crippen LogP contribution in [-0.2, 0) is 9.53 Å². The maximum Gasteiger partial charge on any atom is 0.410 e. The van der Waals surface area contributed by atoms with Crippen LogP contribution in [0.1, 0.15) is 27.7 Å². The minimum absolute atomic E-state index is 0.305. The predicted octanol–water partition coefficient (Wildman–Crippen LogP) is 0.799. The molecule has 0 aromatic rings. The van der Waals surface area contributed by atoms with Crippen LogP contribution < -0.4 is 5.73 Å². The lowest BCUT2D eigenvalue weighted by atomic mass is 10.0. The van der Waals surface area contributed by atoms with Crippen LogP contribution in [0.3, 0.4) is 0 Å². The van der Waals surface area contributed by atoms with Gasteiger partial charge in [-0.05, 0) is 27.7 Å². The topological polar surface area (TPSA) is 85.0 Å². The summed E-state index contributed by atoms with van der Waals surface area (Å²) in [5.74, 6) is -0.880. The SMILES string of the molecule is CC(C(N)=O)C1=NCCN(C(=O)OC(C)(C)C)C1. The van der Waals surface area contributed by atoms with Crippen molar-refractivity contribution in [2.24, 2.45) is 16.6 Å². The molecule has 0 radical (unpaired) electrons. The lowest BCUT2D eigenvalue weighted by Gasteiger charge is -2.30. The molecule has 1 rings (SSSR count). The smallest absolute Gasteiger partial charge is 0.410 e. The second-order valence-corrected chi connectivity index (χ2v) is 5.40. The Morgan fingerprint density at radius 2 is 2.06 bits per heavy atom. The van der Waals surface area contributed by atoms with Crippen LogP contribution in [0.5, 0.6) is 0 Å². The summed E-state index contributed by atoms with van der Waals surface area (Å²) in [4.78, 5) is 28.8. The Morgan fingerprint density at radius 1 is 1.44 bits per heavy atom. The number of nitrogens with two attached hydrogens (primary N) is 1. The van der Waals surface area contributed by atoms with E-state index in [2.05, 4.69) is 4.99 Å². The summed E-state index contributed by atoms with van der Waals surface area (Å²) in [6.07, 6.45) is -0.383. The van der Waals surface area contributed by atoms with E-state index in [4.69, 9.17) is 10.5 Å². The molecule has 0 fully saturated rings. The van der Waals surface area contributed by atoms with Gasteiger partial charge in [0.2, 0.25) is 5.91 Å². The monoisotopic (exact) mass is 255 g/mol. The third-order valence-electron chi connectivity index (χ3n) is 2.62. The van der Waals surface area contributed by atoms with Crippen molar-refractivity contribution in [3.63, 3.8) is 0 Å². The summed E-state index contributed by atoms with van der Waals surface area (Å²) in [6, 6.07) is 0. The molecule has 0 aromatic carbocycles. The molecule has 1 atom stereocenters. The fraction of sp³-hybridized carbons (Fsp3) is 0.750. The summed E-state index contributed by atoms with van der Waals surface area (Å²) < 4.78 is 5.28. The summed E-state index contributed by atoms with van der Waals surface area (Å²) in [5, 5.41) is 0. The van der Waals surface area contributed by atoms with E-state index in [-0.39, 0.29) is 6.09 Å². The number of carbonyl (C=O) groups is 2. The van der Waals surface area contributed by atoms with E-state index in [0.29, 0.717) is 25.3 Å². The number of aliphatic imine (C=N–C) groups is 1. The molecule has 1 unspecified atom stereocenters. The molecule has 0 bridgehead atoms. The lowest BCUT2D eigenvalue weighted by molar-refractivity contribution is -0.119. The average molecular weight is 255 g/mol. The van der Waals surface area contributed by atoms with Crippen LogP contribution in [0, 0.1) is 5.92 Å². The van der Waals surface area contributed by atoms with Gasteiger partial charge in [0.1, 0.15) is 5.60 Å². The molecule has 1 heterocycles. The first-order chi connectivity index (χ1) is 8.20. The van der Waals surface area contributed by atoms with Gasteiger partial charge in [0, 0.05) is 12.3 Å². The standard InChI is InChI=1S/C12H21N3O3/c1-8(10(13)16)9-7-15(6-5-14-9)11(17)18-12(2,3)4/h8H,5-7H2,1-4H3,(H2,13,16). The number of hydrogen-bond acceptors (Lipinski definition) is 4. The third kappa shape index (κ3) is 4.01. The van der Waals surface area contributed by atoms with Gasteiger partial charge in [-0.15, -0.1) is 0 Å². The zero-order valence-corrected chi connectivity index (χ0v) is 11.4. The van der Waals surface area contributed by atoms with Gasteiger partial charge in [0.25, 0.3) is 0 Å². The molecular formula is C12H21N3O3. The summed E-state index contributed by atoms with van der Waals surface area (Å²) in [6.45, 7) is 8.43. The molecule has 6 nitrogen and oxygen atoms in total. The number of carbonyl (C=O) groups excluding carboxylic acids is 2. The van der Waals surface area contributed by atoms with E-state index in [1.165, 1.54) is 0 Å². The largest absolute Gasteiger partial charge is 0.444 e. The Labute approximate surface area is 107 Å². The highest BCUT2D eigenvalue weighted by Gasteiger charge is 2.28. The van der Waals surface area contributed by atoms with E-state index in [1.807, 2.05) is 20.8 Å². The Morgan fingerprint density at radius 3 is 2.56 bits per heavy atom. The van der Waals surface area contributed by atoms with Crippen molar-refractivity contribution in [3.05, 3.63) is 0 Å². The molecular weight excluding hydrogens is 234 g/mol. The second kappa shape index (κ2) is 5.37. The Hall–Kier alpha value is -1.59. The number of hydrogen-bond donors (Lipinski definition) is 1. The Balaban J connectivity index is 2.65. The molecule has 102 valence electrons. The first-order valence-electron chi connectivity index (χ1n) is 6.01. The predicted molar refractivity (Wildman–Crippen MR) is 68.5 cm³/mol. The molecule has 2 amide bonds. The zero-order valence-electron chi connectivity index (χ0n) is 11.4. The molecule has 0 spiro atoms. The molecule has 0 aromatic heterocycles. The highest BCUT2D eigenvalue weighted by molar-refractivity contribution is 6.05. The van der Waals surface area contributed by atoms with Gasteiger partial charge in [-0.3, -0.25) is 9.79 Å². The van der Waals surface area contributed by atoms with Gasteiger partial charge in [0.05, 0.1) is 19.0 Å². The van der Waals surface area contributed by atoms with Crippen LogP contribution in [-0.4, -0.2) is 47.8 Å². The minimum Gasteiger partial charge on any atom is -0.444 e. The quantitative estimate of drug-likeness (QED) is 0.792. The second-order valence-electron chi connectivity index (χ2n) is 5.40. The van der Waals surface area contributed by atoms with Crippen molar-refractivity contribution < 1.29 is 14.3 Å². The van der Waals surface area contributed by atoms with Gasteiger partial charge in [-0.2, -0.15) is 0 Å². The number of amides is 2. The molecule has 1 aliphatic heterocycles. The van der Waals surface area contributed by atoms with Crippen LogP contribution in [0.2, 0.25) is 0 Å². The van der Waals surface area contributed by atoms with Crippen molar-refractivity contribution >= 4 is 17.7 Å². The molecule has 2 N–H and O–H groups in total. The van der Waals surface area contributed by atoms with Gasteiger partial charge < -0.3 is 15.4 Å². The fourth-order valence-electron chi connectivity index (χ4n) is 1.56. The van der Waals surface area contributed by atoms with E-state index >= 15 is 0 Å². The third-order valence-corrected chi connectivity index (χ3v) is 2.62. The number of rotatable bonds is 2. The Kier molecular flexibility index (Phi) is 4.32. The summed E-state index contributed by atoms with van der Waals surface area (Å²) in [5.41, 5.74) is 5.35. The van der Waals surface area contributed by atoms with Crippen molar-refractivity contribution in [1.82, 2.24) is 4.90 Å². The highest BCUT2D eigenvalue weighted by atomic mass is 16.6. The van der Waals surface area contributed by atoms with Crippen molar-refractivity contribution in [2.45, 2.75) is 33.3 Å². The molecule has 0 saturated heterocycles. The Bertz CT molecular complexity index is 371. The number of ether oxygens (including phenoxy) is 1. The van der Waals surface area contributed by atoms with E-state index in [0.717, 1.165) is 0 Å². The van der Waals surface area contributed by atoms with E-state index in [9.17, 15) is 9.59 Å². The number of nitrogens with zero attached hydrogens (tertiary/aromatic N) is 2. The van der Waals surface area contributed by atoms with Crippen LogP contribution in [0.15, 0.2) is 4.99 Å². The minimum atomic E-state index is -0.527. The van der Waals surface area contributed by atoms with E-state index in [1.54, 1.807) is 11.8 Å². The zero-order chi connectivity index (χ0) is 13.9. The summed E-state index contributed by atoms with van der Waals surface area (Å²) >= 11 is 0. The molecule has 6 heteroatoms. The first-order valence-corrected chi connectivity index (χ1v) is 6.01. The van der Waals surface area contributed by atoms with Crippen molar-refractivity contribution in [3.8, 4) is 0 Å². The molecule has 1 aliphatic rings. The van der Waals surface area contributed by atoms with Crippen LogP contribution in [0.4, 0.5) is 4.79 Å².